The largest absolute Gasteiger partial charge is 0.480 e. The second kappa shape index (κ2) is 4.51. The maximum absolute atomic E-state index is 11.2. The fraction of sp³-hybridized carbons (Fsp3) is 0.417. The van der Waals surface area contributed by atoms with E-state index in [1.165, 1.54) is 0 Å². The van der Waals surface area contributed by atoms with Gasteiger partial charge in [-0.25, -0.2) is 4.98 Å². The SMILES string of the molecule is Cc1cc(C(N)=O)cc(N2CCC(N)(C(=O)O)C2)n1. The van der Waals surface area contributed by atoms with Gasteiger partial charge < -0.3 is 21.5 Å². The molecule has 1 saturated heterocycles. The van der Waals surface area contributed by atoms with Crippen molar-refractivity contribution in [3.8, 4) is 0 Å². The number of hydrogen-bond donors (Lipinski definition) is 3. The molecule has 0 radical (unpaired) electrons. The van der Waals surface area contributed by atoms with Gasteiger partial charge in [0.05, 0.1) is 0 Å². The van der Waals surface area contributed by atoms with Crippen molar-refractivity contribution in [1.82, 2.24) is 4.98 Å². The zero-order chi connectivity index (χ0) is 14.2. The maximum atomic E-state index is 11.2. The number of aryl methyl sites for hydroxylation is 1. The van der Waals surface area contributed by atoms with Gasteiger partial charge in [0.15, 0.2) is 0 Å². The first-order valence-electron chi connectivity index (χ1n) is 5.87. The number of amides is 1. The first-order chi connectivity index (χ1) is 8.82. The lowest BCUT2D eigenvalue weighted by molar-refractivity contribution is -0.142. The molecule has 1 atom stereocenters. The number of carboxylic acids is 1. The van der Waals surface area contributed by atoms with Crippen molar-refractivity contribution >= 4 is 17.7 Å². The van der Waals surface area contributed by atoms with Crippen LogP contribution < -0.4 is 16.4 Å². The number of pyridine rings is 1. The summed E-state index contributed by atoms with van der Waals surface area (Å²) in [6, 6.07) is 3.15. The summed E-state index contributed by atoms with van der Waals surface area (Å²) in [7, 11) is 0. The summed E-state index contributed by atoms with van der Waals surface area (Å²) in [4.78, 5) is 28.4. The van der Waals surface area contributed by atoms with Gasteiger partial charge in [-0.15, -0.1) is 0 Å². The average Bonchev–Trinajstić information content (AvgIpc) is 2.72. The Morgan fingerprint density at radius 3 is 2.68 bits per heavy atom. The van der Waals surface area contributed by atoms with Gasteiger partial charge in [-0.05, 0) is 25.5 Å². The summed E-state index contributed by atoms with van der Waals surface area (Å²) in [5.74, 6) is -1.04. The van der Waals surface area contributed by atoms with Crippen molar-refractivity contribution in [2.75, 3.05) is 18.0 Å². The summed E-state index contributed by atoms with van der Waals surface area (Å²) in [6.07, 6.45) is 0.337. The number of carbonyl (C=O) groups excluding carboxylic acids is 1. The lowest BCUT2D eigenvalue weighted by atomic mass is 10.0. The highest BCUT2D eigenvalue weighted by Crippen LogP contribution is 2.25. The molecule has 0 saturated carbocycles. The van der Waals surface area contributed by atoms with Crippen LogP contribution in [0.15, 0.2) is 12.1 Å². The minimum absolute atomic E-state index is 0.164. The molecule has 1 aliphatic rings. The molecule has 1 aliphatic heterocycles. The van der Waals surface area contributed by atoms with Crippen molar-refractivity contribution in [1.29, 1.82) is 0 Å². The third-order valence-corrected chi connectivity index (χ3v) is 3.28. The van der Waals surface area contributed by atoms with Crippen molar-refractivity contribution in [3.05, 3.63) is 23.4 Å². The predicted molar refractivity (Wildman–Crippen MR) is 68.9 cm³/mol. The summed E-state index contributed by atoms with van der Waals surface area (Å²) in [5, 5.41) is 9.09. The Morgan fingerprint density at radius 1 is 1.47 bits per heavy atom. The van der Waals surface area contributed by atoms with E-state index in [4.69, 9.17) is 16.6 Å². The van der Waals surface area contributed by atoms with Gasteiger partial charge in [-0.3, -0.25) is 9.59 Å². The average molecular weight is 264 g/mol. The topological polar surface area (TPSA) is 123 Å². The highest BCUT2D eigenvalue weighted by molar-refractivity contribution is 5.93. The van der Waals surface area contributed by atoms with Gasteiger partial charge in [-0.2, -0.15) is 0 Å². The van der Waals surface area contributed by atoms with Gasteiger partial charge in [0.25, 0.3) is 0 Å². The Labute approximate surface area is 110 Å². The fourth-order valence-electron chi connectivity index (χ4n) is 2.16. The van der Waals surface area contributed by atoms with E-state index in [1.807, 2.05) is 0 Å². The number of hydrogen-bond acceptors (Lipinski definition) is 5. The predicted octanol–water partition coefficient (Wildman–Crippen LogP) is -0.519. The number of nitrogens with zero attached hydrogens (tertiary/aromatic N) is 2. The lowest BCUT2D eigenvalue weighted by Gasteiger charge is -2.21. The first-order valence-corrected chi connectivity index (χ1v) is 5.87. The summed E-state index contributed by atoms with van der Waals surface area (Å²) >= 11 is 0. The smallest absolute Gasteiger partial charge is 0.325 e. The summed E-state index contributed by atoms with van der Waals surface area (Å²) in [6.45, 7) is 2.40. The number of carbonyl (C=O) groups is 2. The van der Waals surface area contributed by atoms with Crippen molar-refractivity contribution in [2.24, 2.45) is 11.5 Å². The van der Waals surface area contributed by atoms with E-state index < -0.39 is 17.4 Å². The van der Waals surface area contributed by atoms with E-state index in [1.54, 1.807) is 24.0 Å². The zero-order valence-electron chi connectivity index (χ0n) is 10.6. The minimum Gasteiger partial charge on any atom is -0.480 e. The van der Waals surface area contributed by atoms with E-state index in [0.717, 1.165) is 0 Å². The Kier molecular flexibility index (Phi) is 3.15. The Bertz CT molecular complexity index is 546. The summed E-state index contributed by atoms with van der Waals surface area (Å²) < 4.78 is 0. The molecule has 1 aromatic rings. The number of rotatable bonds is 3. The van der Waals surface area contributed by atoms with Crippen LogP contribution in [0, 0.1) is 6.92 Å². The molecular formula is C12H16N4O3. The van der Waals surface area contributed by atoms with Crippen molar-refractivity contribution in [2.45, 2.75) is 18.9 Å². The monoisotopic (exact) mass is 264 g/mol. The van der Waals surface area contributed by atoms with Crippen LogP contribution in [0.2, 0.25) is 0 Å². The Morgan fingerprint density at radius 2 is 2.16 bits per heavy atom. The molecule has 1 amide bonds. The fourth-order valence-corrected chi connectivity index (χ4v) is 2.16. The summed E-state index contributed by atoms with van der Waals surface area (Å²) in [5.41, 5.74) is 10.8. The van der Waals surface area contributed by atoms with Crippen LogP contribution in [0.3, 0.4) is 0 Å². The first kappa shape index (κ1) is 13.3. The molecule has 1 aromatic heterocycles. The molecule has 5 N–H and O–H groups in total. The molecule has 102 valence electrons. The van der Waals surface area contributed by atoms with Gasteiger partial charge >= 0.3 is 5.97 Å². The van der Waals surface area contributed by atoms with Crippen LogP contribution in [0.5, 0.6) is 0 Å². The lowest BCUT2D eigenvalue weighted by Crippen LogP contribution is -2.50. The molecule has 0 bridgehead atoms. The molecular weight excluding hydrogens is 248 g/mol. The molecule has 7 nitrogen and oxygen atoms in total. The molecule has 1 fully saturated rings. The third-order valence-electron chi connectivity index (χ3n) is 3.28. The second-order valence-electron chi connectivity index (χ2n) is 4.85. The molecule has 0 spiro atoms. The van der Waals surface area contributed by atoms with Crippen LogP contribution >= 0.6 is 0 Å². The number of aliphatic carboxylic acids is 1. The van der Waals surface area contributed by atoms with E-state index in [2.05, 4.69) is 4.98 Å². The highest BCUT2D eigenvalue weighted by Gasteiger charge is 2.41. The Balaban J connectivity index is 2.29. The molecule has 0 aliphatic carbocycles. The van der Waals surface area contributed by atoms with E-state index in [0.29, 0.717) is 30.0 Å². The van der Waals surface area contributed by atoms with E-state index >= 15 is 0 Å². The number of primary amides is 1. The van der Waals surface area contributed by atoms with Crippen LogP contribution in [0.25, 0.3) is 0 Å². The van der Waals surface area contributed by atoms with E-state index in [9.17, 15) is 9.59 Å². The van der Waals surface area contributed by atoms with Gasteiger partial charge in [0.1, 0.15) is 11.4 Å². The van der Waals surface area contributed by atoms with Crippen LogP contribution in [0.4, 0.5) is 5.82 Å². The normalized spacial score (nSPS) is 22.5. The standard InChI is InChI=1S/C12H16N4O3/c1-7-4-8(10(13)17)5-9(15-7)16-3-2-12(14,6-16)11(18)19/h4-5H,2-3,6,14H2,1H3,(H2,13,17)(H,18,19). The highest BCUT2D eigenvalue weighted by atomic mass is 16.4. The van der Waals surface area contributed by atoms with E-state index in [-0.39, 0.29) is 6.54 Å². The quantitative estimate of drug-likeness (QED) is 0.675. The molecule has 2 rings (SSSR count). The van der Waals surface area contributed by atoms with Crippen molar-refractivity contribution < 1.29 is 14.7 Å². The zero-order valence-corrected chi connectivity index (χ0v) is 10.6. The van der Waals surface area contributed by atoms with Crippen LogP contribution in [-0.4, -0.2) is 40.6 Å². The molecule has 0 aromatic carbocycles. The molecule has 7 heteroatoms. The maximum Gasteiger partial charge on any atom is 0.325 e. The number of aromatic nitrogens is 1. The molecule has 1 unspecified atom stereocenters. The van der Waals surface area contributed by atoms with Gasteiger partial charge in [0.2, 0.25) is 5.91 Å². The van der Waals surface area contributed by atoms with Gasteiger partial charge in [-0.1, -0.05) is 0 Å². The Hall–Kier alpha value is -2.15. The second-order valence-corrected chi connectivity index (χ2v) is 4.85. The van der Waals surface area contributed by atoms with Crippen molar-refractivity contribution in [3.63, 3.8) is 0 Å². The number of carboxylic acid groups (broad SMARTS) is 1. The molecule has 19 heavy (non-hydrogen) atoms. The third kappa shape index (κ3) is 2.50. The van der Waals surface area contributed by atoms with Crippen LogP contribution in [-0.2, 0) is 4.79 Å². The number of nitrogens with two attached hydrogens (primary N) is 2. The number of anilines is 1. The van der Waals surface area contributed by atoms with Gasteiger partial charge in [0, 0.05) is 24.3 Å². The van der Waals surface area contributed by atoms with Crippen LogP contribution in [0.1, 0.15) is 22.5 Å². The molecule has 2 heterocycles. The minimum atomic E-state index is -1.27.